The monoisotopic (exact) mass is 325 g/mol. The summed E-state index contributed by atoms with van der Waals surface area (Å²) in [6.07, 6.45) is 1.05. The highest BCUT2D eigenvalue weighted by molar-refractivity contribution is 5.74. The molecule has 8 nitrogen and oxygen atoms in total. The molecule has 0 saturated carbocycles. The number of fused-ring (bicyclic) bond motifs is 2. The van der Waals surface area contributed by atoms with Crippen LogP contribution in [0.25, 0.3) is 16.9 Å². The highest BCUT2D eigenvalue weighted by atomic mass is 16.4. The van der Waals surface area contributed by atoms with Gasteiger partial charge in [0.1, 0.15) is 0 Å². The Morgan fingerprint density at radius 2 is 2.00 bits per heavy atom. The molecule has 3 heterocycles. The van der Waals surface area contributed by atoms with Gasteiger partial charge in [-0.3, -0.25) is 14.5 Å². The van der Waals surface area contributed by atoms with Crippen molar-refractivity contribution < 1.29 is 9.90 Å². The highest BCUT2D eigenvalue weighted by Gasteiger charge is 2.28. The smallest absolute Gasteiger partial charge is 0.407 e. The molecule has 0 radical (unpaired) electrons. The van der Waals surface area contributed by atoms with Crippen LogP contribution in [0.3, 0.4) is 0 Å². The van der Waals surface area contributed by atoms with Crippen LogP contribution in [0.5, 0.6) is 0 Å². The van der Waals surface area contributed by atoms with Gasteiger partial charge in [-0.1, -0.05) is 12.1 Å². The number of nitrogens with zero attached hydrogens (tertiary/aromatic N) is 5. The molecule has 8 heteroatoms. The molecular formula is C16H15N5O3. The number of carbonyl (C=O) groups is 1. The van der Waals surface area contributed by atoms with Crippen molar-refractivity contribution in [2.75, 3.05) is 6.54 Å². The molecule has 0 aliphatic carbocycles. The van der Waals surface area contributed by atoms with E-state index in [1.807, 2.05) is 24.3 Å². The van der Waals surface area contributed by atoms with E-state index in [2.05, 4.69) is 9.97 Å². The Labute approximate surface area is 136 Å². The number of amides is 1. The van der Waals surface area contributed by atoms with E-state index in [9.17, 15) is 9.59 Å². The Bertz CT molecular complexity index is 1020. The Hall–Kier alpha value is -3.16. The molecule has 0 spiro atoms. The second-order valence-electron chi connectivity index (χ2n) is 5.74. The summed E-state index contributed by atoms with van der Waals surface area (Å²) in [4.78, 5) is 34.1. The summed E-state index contributed by atoms with van der Waals surface area (Å²) in [5.41, 5.74) is 2.55. The van der Waals surface area contributed by atoms with Gasteiger partial charge in [-0.05, 0) is 12.1 Å². The van der Waals surface area contributed by atoms with Crippen LogP contribution in [0.15, 0.2) is 35.3 Å². The average molecular weight is 325 g/mol. The normalized spacial score (nSPS) is 14.0. The van der Waals surface area contributed by atoms with E-state index in [0.29, 0.717) is 29.9 Å². The Morgan fingerprint density at radius 1 is 1.25 bits per heavy atom. The van der Waals surface area contributed by atoms with Gasteiger partial charge in [0.25, 0.3) is 5.56 Å². The van der Waals surface area contributed by atoms with Gasteiger partial charge in [0, 0.05) is 25.7 Å². The van der Waals surface area contributed by atoms with E-state index in [4.69, 9.17) is 5.11 Å². The van der Waals surface area contributed by atoms with Crippen LogP contribution in [-0.4, -0.2) is 42.0 Å². The van der Waals surface area contributed by atoms with Crippen molar-refractivity contribution in [2.24, 2.45) is 7.05 Å². The molecule has 122 valence electrons. The number of benzene rings is 1. The van der Waals surface area contributed by atoms with Crippen molar-refractivity contribution in [3.63, 3.8) is 0 Å². The zero-order valence-electron chi connectivity index (χ0n) is 13.0. The largest absolute Gasteiger partial charge is 0.465 e. The molecule has 0 fully saturated rings. The van der Waals surface area contributed by atoms with Gasteiger partial charge in [0.15, 0.2) is 5.82 Å². The van der Waals surface area contributed by atoms with Crippen LogP contribution >= 0.6 is 0 Å². The van der Waals surface area contributed by atoms with Crippen LogP contribution in [0.2, 0.25) is 0 Å². The summed E-state index contributed by atoms with van der Waals surface area (Å²) in [6, 6.07) is 7.44. The maximum absolute atomic E-state index is 12.8. The minimum Gasteiger partial charge on any atom is -0.465 e. The van der Waals surface area contributed by atoms with E-state index in [1.165, 1.54) is 9.58 Å². The fourth-order valence-electron chi connectivity index (χ4n) is 3.16. The first kappa shape index (κ1) is 14.4. The lowest BCUT2D eigenvalue weighted by Crippen LogP contribution is -2.36. The zero-order valence-corrected chi connectivity index (χ0v) is 13.0. The third kappa shape index (κ3) is 2.07. The summed E-state index contributed by atoms with van der Waals surface area (Å²) in [5, 5.41) is 9.15. The first-order chi connectivity index (χ1) is 11.6. The number of hydrogen-bond acceptors (Lipinski definition) is 4. The Balaban J connectivity index is 1.87. The highest BCUT2D eigenvalue weighted by Crippen LogP contribution is 2.18. The summed E-state index contributed by atoms with van der Waals surface area (Å²) in [7, 11) is 1.79. The van der Waals surface area contributed by atoms with Crippen molar-refractivity contribution in [3.8, 4) is 5.82 Å². The lowest BCUT2D eigenvalue weighted by Gasteiger charge is -2.23. The molecule has 0 bridgehead atoms. The molecule has 0 saturated heterocycles. The number of hydrogen-bond donors (Lipinski definition) is 1. The first-order valence-electron chi connectivity index (χ1n) is 7.56. The SMILES string of the molecule is Cn1c2c(c(=O)n1-c1cnc3ccccc3n1)CN(C(=O)O)CC2. The van der Waals surface area contributed by atoms with E-state index < -0.39 is 6.09 Å². The van der Waals surface area contributed by atoms with Crippen LogP contribution in [0.1, 0.15) is 11.3 Å². The van der Waals surface area contributed by atoms with Crippen molar-refractivity contribution in [2.45, 2.75) is 13.0 Å². The van der Waals surface area contributed by atoms with Gasteiger partial charge < -0.3 is 10.0 Å². The van der Waals surface area contributed by atoms with Crippen molar-refractivity contribution >= 4 is 17.1 Å². The second kappa shape index (κ2) is 5.19. The zero-order chi connectivity index (χ0) is 16.8. The minimum absolute atomic E-state index is 0.103. The van der Waals surface area contributed by atoms with Crippen LogP contribution in [0.4, 0.5) is 4.79 Å². The summed E-state index contributed by atoms with van der Waals surface area (Å²) >= 11 is 0. The van der Waals surface area contributed by atoms with Gasteiger partial charge in [-0.15, -0.1) is 0 Å². The molecule has 0 atom stereocenters. The van der Waals surface area contributed by atoms with E-state index >= 15 is 0 Å². The van der Waals surface area contributed by atoms with Crippen molar-refractivity contribution in [3.05, 3.63) is 52.1 Å². The number of para-hydroxylation sites is 2. The molecule has 4 rings (SSSR count). The van der Waals surface area contributed by atoms with Gasteiger partial charge in [-0.2, -0.15) is 4.68 Å². The second-order valence-corrected chi connectivity index (χ2v) is 5.74. The predicted molar refractivity (Wildman–Crippen MR) is 86.2 cm³/mol. The number of carboxylic acid groups (broad SMARTS) is 1. The molecule has 2 aromatic heterocycles. The van der Waals surface area contributed by atoms with E-state index in [-0.39, 0.29) is 12.1 Å². The molecular weight excluding hydrogens is 310 g/mol. The molecule has 24 heavy (non-hydrogen) atoms. The lowest BCUT2D eigenvalue weighted by atomic mass is 10.1. The third-order valence-corrected chi connectivity index (χ3v) is 4.38. The van der Waals surface area contributed by atoms with E-state index in [0.717, 1.165) is 11.2 Å². The van der Waals surface area contributed by atoms with Crippen LogP contribution in [-0.2, 0) is 20.0 Å². The number of aromatic nitrogens is 4. The maximum Gasteiger partial charge on any atom is 0.407 e. The van der Waals surface area contributed by atoms with Crippen molar-refractivity contribution in [1.29, 1.82) is 0 Å². The van der Waals surface area contributed by atoms with Crippen molar-refractivity contribution in [1.82, 2.24) is 24.2 Å². The van der Waals surface area contributed by atoms with Gasteiger partial charge in [0.2, 0.25) is 0 Å². The summed E-state index contributed by atoms with van der Waals surface area (Å²) in [5.74, 6) is 0.428. The molecule has 1 aliphatic heterocycles. The summed E-state index contributed by atoms with van der Waals surface area (Å²) < 4.78 is 3.20. The number of rotatable bonds is 1. The lowest BCUT2D eigenvalue weighted by molar-refractivity contribution is 0.139. The van der Waals surface area contributed by atoms with Crippen LogP contribution < -0.4 is 5.56 Å². The van der Waals surface area contributed by atoms with Gasteiger partial charge in [-0.25, -0.2) is 9.78 Å². The van der Waals surface area contributed by atoms with Gasteiger partial charge in [0.05, 0.1) is 29.3 Å². The van der Waals surface area contributed by atoms with Crippen LogP contribution in [0, 0.1) is 0 Å². The minimum atomic E-state index is -1.01. The fourth-order valence-corrected chi connectivity index (χ4v) is 3.16. The third-order valence-electron chi connectivity index (χ3n) is 4.38. The molecule has 1 aromatic carbocycles. The quantitative estimate of drug-likeness (QED) is 0.724. The Morgan fingerprint density at radius 3 is 2.75 bits per heavy atom. The fraction of sp³-hybridized carbons (Fsp3) is 0.250. The van der Waals surface area contributed by atoms with Gasteiger partial charge >= 0.3 is 6.09 Å². The summed E-state index contributed by atoms with van der Waals surface area (Å²) in [6.45, 7) is 0.481. The molecule has 1 aliphatic rings. The average Bonchev–Trinajstić information content (AvgIpc) is 2.85. The maximum atomic E-state index is 12.8. The topological polar surface area (TPSA) is 93.3 Å². The molecule has 3 aromatic rings. The molecule has 0 unspecified atom stereocenters. The molecule has 1 N–H and O–H groups in total. The predicted octanol–water partition coefficient (Wildman–Crippen LogP) is 1.16. The standard InChI is InChI=1S/C16H15N5O3/c1-19-13-6-7-20(16(23)24)9-10(13)15(22)21(19)14-8-17-11-4-2-3-5-12(11)18-14/h2-5,8H,6-7,9H2,1H3,(H,23,24). The first-order valence-corrected chi connectivity index (χ1v) is 7.56. The molecule has 1 amide bonds. The van der Waals surface area contributed by atoms with E-state index in [1.54, 1.807) is 17.9 Å². The Kier molecular flexibility index (Phi) is 3.12.